The van der Waals surface area contributed by atoms with E-state index in [1.165, 1.54) is 16.5 Å². The Morgan fingerprint density at radius 2 is 1.84 bits per heavy atom. The van der Waals surface area contributed by atoms with Gasteiger partial charge in [0.05, 0.1) is 26.2 Å². The van der Waals surface area contributed by atoms with Crippen molar-refractivity contribution in [3.63, 3.8) is 0 Å². The van der Waals surface area contributed by atoms with E-state index in [2.05, 4.69) is 36.5 Å². The molecule has 6 nitrogen and oxygen atoms in total. The van der Waals surface area contributed by atoms with Crippen LogP contribution < -0.4 is 15.5 Å². The first-order valence-electron chi connectivity index (χ1n) is 11.0. The SMILES string of the molecule is CCc1ccc([C@@H]([NH2+]CC(=O)N2CC[NH+](CC(=O)NC)CC2)c2cccc(F)c2)cc1. The number of carbonyl (C=O) groups is 2. The van der Waals surface area contributed by atoms with Crippen molar-refractivity contribution < 1.29 is 24.2 Å². The monoisotopic (exact) mass is 428 g/mol. The maximum Gasteiger partial charge on any atom is 0.278 e. The second-order valence-electron chi connectivity index (χ2n) is 8.05. The van der Waals surface area contributed by atoms with E-state index in [-0.39, 0.29) is 23.7 Å². The average Bonchev–Trinajstić information content (AvgIpc) is 2.80. The molecule has 4 N–H and O–H groups in total. The Labute approximate surface area is 183 Å². The van der Waals surface area contributed by atoms with Crippen molar-refractivity contribution in [2.45, 2.75) is 19.4 Å². The normalized spacial score (nSPS) is 15.5. The number of halogens is 1. The molecule has 1 fully saturated rings. The van der Waals surface area contributed by atoms with Gasteiger partial charge in [0, 0.05) is 18.2 Å². The third-order valence-corrected chi connectivity index (χ3v) is 6.00. The molecule has 2 aromatic carbocycles. The molecule has 1 saturated heterocycles. The van der Waals surface area contributed by atoms with Gasteiger partial charge < -0.3 is 20.4 Å². The fourth-order valence-corrected chi connectivity index (χ4v) is 4.04. The summed E-state index contributed by atoms with van der Waals surface area (Å²) in [6.45, 7) is 5.68. The van der Waals surface area contributed by atoms with Gasteiger partial charge in [0.2, 0.25) is 0 Å². The fourth-order valence-electron chi connectivity index (χ4n) is 4.04. The number of likely N-dealkylation sites (N-methyl/N-ethyl adjacent to an activating group) is 1. The summed E-state index contributed by atoms with van der Waals surface area (Å²) in [4.78, 5) is 27.5. The zero-order chi connectivity index (χ0) is 22.2. The van der Waals surface area contributed by atoms with Gasteiger partial charge in [0.25, 0.3) is 11.8 Å². The predicted octanol–water partition coefficient (Wildman–Crippen LogP) is -0.486. The number of aryl methyl sites for hydroxylation is 1. The highest BCUT2D eigenvalue weighted by Crippen LogP contribution is 2.20. The van der Waals surface area contributed by atoms with E-state index >= 15 is 0 Å². The summed E-state index contributed by atoms with van der Waals surface area (Å²) in [6.07, 6.45) is 0.959. The molecule has 2 aromatic rings. The molecular weight excluding hydrogens is 395 g/mol. The van der Waals surface area contributed by atoms with Crippen LogP contribution in [0.1, 0.15) is 29.7 Å². The van der Waals surface area contributed by atoms with Gasteiger partial charge in [0.15, 0.2) is 13.1 Å². The number of rotatable bonds is 8. The number of nitrogens with one attached hydrogen (secondary N) is 2. The second kappa shape index (κ2) is 11.0. The Kier molecular flexibility index (Phi) is 8.14. The van der Waals surface area contributed by atoms with Crippen molar-refractivity contribution in [1.82, 2.24) is 10.2 Å². The van der Waals surface area contributed by atoms with Gasteiger partial charge in [-0.05, 0) is 24.1 Å². The minimum Gasteiger partial charge on any atom is -0.354 e. The fraction of sp³-hybridized carbons (Fsp3) is 0.417. The van der Waals surface area contributed by atoms with Crippen LogP contribution in [0.15, 0.2) is 48.5 Å². The van der Waals surface area contributed by atoms with E-state index in [1.807, 2.05) is 16.3 Å². The molecule has 0 spiro atoms. The van der Waals surface area contributed by atoms with Gasteiger partial charge in [-0.3, -0.25) is 9.59 Å². The highest BCUT2D eigenvalue weighted by Gasteiger charge is 2.27. The molecule has 1 aliphatic heterocycles. The van der Waals surface area contributed by atoms with Crippen molar-refractivity contribution in [2.75, 3.05) is 46.3 Å². The number of hydrogen-bond acceptors (Lipinski definition) is 2. The lowest BCUT2D eigenvalue weighted by molar-refractivity contribution is -0.896. The first-order valence-corrected chi connectivity index (χ1v) is 11.0. The Balaban J connectivity index is 1.63. The highest BCUT2D eigenvalue weighted by molar-refractivity contribution is 5.77. The largest absolute Gasteiger partial charge is 0.354 e. The Morgan fingerprint density at radius 3 is 2.45 bits per heavy atom. The number of quaternary nitrogens is 2. The summed E-state index contributed by atoms with van der Waals surface area (Å²) < 4.78 is 13.9. The topological polar surface area (TPSA) is 70.5 Å². The molecular formula is C24H33FN4O2+2. The maximum atomic E-state index is 13.9. The standard InChI is InChI=1S/C24H31FN4O2/c1-3-18-7-9-19(10-8-18)24(20-5-4-6-21(25)15-20)27-16-23(31)29-13-11-28(12-14-29)17-22(30)26-2/h4-10,15,24,27H,3,11-14,16-17H2,1-2H3,(H,26,30)/p+2/t24-/m1/s1. The molecule has 0 saturated carbocycles. The van der Waals surface area contributed by atoms with Crippen LogP contribution in [0.2, 0.25) is 0 Å². The molecule has 7 heteroatoms. The zero-order valence-electron chi connectivity index (χ0n) is 18.4. The van der Waals surface area contributed by atoms with E-state index in [4.69, 9.17) is 0 Å². The Bertz CT molecular complexity index is 879. The maximum absolute atomic E-state index is 13.9. The van der Waals surface area contributed by atoms with Crippen molar-refractivity contribution in [3.05, 3.63) is 71.0 Å². The summed E-state index contributed by atoms with van der Waals surface area (Å²) in [7, 11) is 1.64. The average molecular weight is 429 g/mol. The lowest BCUT2D eigenvalue weighted by Crippen LogP contribution is -3.16. The van der Waals surface area contributed by atoms with Gasteiger partial charge in [-0.1, -0.05) is 43.3 Å². The number of nitrogens with zero attached hydrogens (tertiary/aromatic N) is 1. The smallest absolute Gasteiger partial charge is 0.278 e. The third kappa shape index (κ3) is 6.35. The van der Waals surface area contributed by atoms with Crippen LogP contribution in [0, 0.1) is 5.82 Å². The number of hydrogen-bond donors (Lipinski definition) is 3. The van der Waals surface area contributed by atoms with E-state index in [9.17, 15) is 14.0 Å². The summed E-state index contributed by atoms with van der Waals surface area (Å²) in [5.74, 6) is -0.177. The van der Waals surface area contributed by atoms with E-state index in [1.54, 1.807) is 19.2 Å². The lowest BCUT2D eigenvalue weighted by atomic mass is 9.97. The van der Waals surface area contributed by atoms with Crippen LogP contribution >= 0.6 is 0 Å². The van der Waals surface area contributed by atoms with Crippen LogP contribution in [0.3, 0.4) is 0 Å². The Morgan fingerprint density at radius 1 is 1.13 bits per heavy atom. The van der Waals surface area contributed by atoms with E-state index in [0.717, 1.165) is 30.6 Å². The minimum absolute atomic E-state index is 0.0233. The molecule has 0 unspecified atom stereocenters. The van der Waals surface area contributed by atoms with Gasteiger partial charge in [-0.2, -0.15) is 0 Å². The molecule has 0 aliphatic carbocycles. The molecule has 1 atom stereocenters. The molecule has 166 valence electrons. The molecule has 2 amide bonds. The van der Waals surface area contributed by atoms with Gasteiger partial charge in [-0.15, -0.1) is 0 Å². The molecule has 1 aliphatic rings. The molecule has 31 heavy (non-hydrogen) atoms. The number of piperazine rings is 1. The number of amides is 2. The molecule has 3 rings (SSSR count). The first kappa shape index (κ1) is 22.9. The van der Waals surface area contributed by atoms with Gasteiger partial charge in [0.1, 0.15) is 11.9 Å². The highest BCUT2D eigenvalue weighted by atomic mass is 19.1. The van der Waals surface area contributed by atoms with Gasteiger partial charge in [-0.25, -0.2) is 4.39 Å². The van der Waals surface area contributed by atoms with Gasteiger partial charge >= 0.3 is 0 Å². The summed E-state index contributed by atoms with van der Waals surface area (Å²) >= 11 is 0. The van der Waals surface area contributed by atoms with Crippen molar-refractivity contribution >= 4 is 11.8 Å². The number of carbonyl (C=O) groups excluding carboxylic acids is 2. The zero-order valence-corrected chi connectivity index (χ0v) is 18.4. The third-order valence-electron chi connectivity index (χ3n) is 6.00. The Hall–Kier alpha value is -2.77. The van der Waals surface area contributed by atoms with E-state index < -0.39 is 0 Å². The quantitative estimate of drug-likeness (QED) is 0.531. The number of benzene rings is 2. The lowest BCUT2D eigenvalue weighted by Gasteiger charge is -2.31. The summed E-state index contributed by atoms with van der Waals surface area (Å²) in [6, 6.07) is 14.8. The van der Waals surface area contributed by atoms with E-state index in [0.29, 0.717) is 26.2 Å². The summed E-state index contributed by atoms with van der Waals surface area (Å²) in [5.41, 5.74) is 3.14. The van der Waals surface area contributed by atoms with Crippen LogP contribution in [-0.2, 0) is 16.0 Å². The molecule has 0 aromatic heterocycles. The molecule has 0 bridgehead atoms. The van der Waals surface area contributed by atoms with Crippen LogP contribution in [0.4, 0.5) is 4.39 Å². The van der Waals surface area contributed by atoms with Crippen molar-refractivity contribution in [2.24, 2.45) is 0 Å². The van der Waals surface area contributed by atoms with Crippen LogP contribution in [0.25, 0.3) is 0 Å². The molecule has 1 heterocycles. The number of nitrogens with two attached hydrogens (primary N) is 1. The summed E-state index contributed by atoms with van der Waals surface area (Å²) in [5, 5.41) is 4.64. The first-order chi connectivity index (χ1) is 15.0. The molecule has 0 radical (unpaired) electrons. The van der Waals surface area contributed by atoms with Crippen LogP contribution in [-0.4, -0.2) is 63.0 Å². The second-order valence-corrected chi connectivity index (χ2v) is 8.05. The van der Waals surface area contributed by atoms with Crippen molar-refractivity contribution in [1.29, 1.82) is 0 Å². The minimum atomic E-state index is -0.275. The van der Waals surface area contributed by atoms with Crippen molar-refractivity contribution in [3.8, 4) is 0 Å². The predicted molar refractivity (Wildman–Crippen MR) is 117 cm³/mol. The van der Waals surface area contributed by atoms with Crippen LogP contribution in [0.5, 0.6) is 0 Å².